The van der Waals surface area contributed by atoms with Gasteiger partial charge in [0.05, 0.1) is 24.4 Å². The van der Waals surface area contributed by atoms with Gasteiger partial charge in [-0.05, 0) is 57.3 Å². The molecule has 0 bridgehead atoms. The van der Waals surface area contributed by atoms with Crippen molar-refractivity contribution < 1.29 is 9.47 Å². The average molecular weight is 459 g/mol. The van der Waals surface area contributed by atoms with Gasteiger partial charge in [0, 0.05) is 17.5 Å². The summed E-state index contributed by atoms with van der Waals surface area (Å²) in [5.41, 5.74) is 4.00. The number of aryl methyl sites for hydroxylation is 1. The highest BCUT2D eigenvalue weighted by Crippen LogP contribution is 2.36. The first kappa shape index (κ1) is 22.2. The summed E-state index contributed by atoms with van der Waals surface area (Å²) in [5, 5.41) is 15.1. The Balaban J connectivity index is 1.40. The van der Waals surface area contributed by atoms with Crippen LogP contribution in [0.25, 0.3) is 22.2 Å². The van der Waals surface area contributed by atoms with Crippen LogP contribution in [0.4, 0.5) is 11.6 Å². The van der Waals surface area contributed by atoms with Gasteiger partial charge in [-0.2, -0.15) is 5.10 Å². The van der Waals surface area contributed by atoms with Crippen molar-refractivity contribution in [3.8, 4) is 22.8 Å². The van der Waals surface area contributed by atoms with Crippen LogP contribution in [-0.2, 0) is 0 Å². The summed E-state index contributed by atoms with van der Waals surface area (Å²) in [5.74, 6) is 3.21. The van der Waals surface area contributed by atoms with Gasteiger partial charge < -0.3 is 20.1 Å². The Morgan fingerprint density at radius 1 is 1.03 bits per heavy atom. The molecule has 1 fully saturated rings. The fourth-order valence-corrected chi connectivity index (χ4v) is 4.41. The maximum Gasteiger partial charge on any atom is 0.163 e. The highest BCUT2D eigenvalue weighted by Gasteiger charge is 2.23. The molecule has 176 valence electrons. The van der Waals surface area contributed by atoms with Gasteiger partial charge in [-0.15, -0.1) is 0 Å². The predicted octanol–water partition coefficient (Wildman–Crippen LogP) is 4.85. The van der Waals surface area contributed by atoms with Crippen LogP contribution in [0.15, 0.2) is 48.8 Å². The summed E-state index contributed by atoms with van der Waals surface area (Å²) >= 11 is 0. The van der Waals surface area contributed by atoms with E-state index in [9.17, 15) is 0 Å². The lowest BCUT2D eigenvalue weighted by atomic mass is 9.93. The molecule has 3 N–H and O–H groups in total. The van der Waals surface area contributed by atoms with Crippen LogP contribution in [0.5, 0.6) is 11.5 Å². The average Bonchev–Trinajstić information content (AvgIpc) is 3.33. The molecule has 8 nitrogen and oxygen atoms in total. The number of ether oxygens (including phenoxy) is 2. The number of benzene rings is 2. The molecule has 3 heterocycles. The second-order valence-electron chi connectivity index (χ2n) is 8.81. The number of fused-ring (bicyclic) bond motifs is 1. The highest BCUT2D eigenvalue weighted by molar-refractivity contribution is 5.93. The number of aromatic amines is 1. The number of methoxy groups -OCH3 is 1. The lowest BCUT2D eigenvalue weighted by Crippen LogP contribution is -2.35. The van der Waals surface area contributed by atoms with Gasteiger partial charge in [-0.1, -0.05) is 29.8 Å². The van der Waals surface area contributed by atoms with E-state index in [1.807, 2.05) is 18.2 Å². The largest absolute Gasteiger partial charge is 0.493 e. The predicted molar refractivity (Wildman–Crippen MR) is 134 cm³/mol. The molecular formula is C26H30N6O2. The third kappa shape index (κ3) is 4.68. The number of anilines is 2. The zero-order valence-electron chi connectivity index (χ0n) is 19.8. The molecule has 2 aromatic carbocycles. The third-order valence-electron chi connectivity index (χ3n) is 6.47. The minimum atomic E-state index is 0.0946. The second kappa shape index (κ2) is 9.69. The number of hydrogen-bond donors (Lipinski definition) is 3. The lowest BCUT2D eigenvalue weighted by molar-refractivity contribution is 0.124. The quantitative estimate of drug-likeness (QED) is 0.364. The zero-order chi connectivity index (χ0) is 23.5. The maximum atomic E-state index is 6.35. The molecule has 8 heteroatoms. The number of nitrogens with one attached hydrogen (secondary N) is 3. The van der Waals surface area contributed by atoms with E-state index in [0.29, 0.717) is 29.1 Å². The van der Waals surface area contributed by atoms with Crippen molar-refractivity contribution in [2.45, 2.75) is 32.8 Å². The highest BCUT2D eigenvalue weighted by atomic mass is 16.5. The molecule has 5 rings (SSSR count). The third-order valence-corrected chi connectivity index (χ3v) is 6.47. The smallest absolute Gasteiger partial charge is 0.163 e. The Labute approximate surface area is 199 Å². The van der Waals surface area contributed by atoms with Crippen LogP contribution in [0.3, 0.4) is 0 Å². The fourth-order valence-electron chi connectivity index (χ4n) is 4.41. The monoisotopic (exact) mass is 458 g/mol. The number of piperidine rings is 1. The number of rotatable bonds is 7. The van der Waals surface area contributed by atoms with Gasteiger partial charge in [-0.25, -0.2) is 9.97 Å². The van der Waals surface area contributed by atoms with Crippen LogP contribution >= 0.6 is 0 Å². The van der Waals surface area contributed by atoms with E-state index >= 15 is 0 Å². The molecule has 0 amide bonds. The Morgan fingerprint density at radius 2 is 1.82 bits per heavy atom. The van der Waals surface area contributed by atoms with Crippen LogP contribution < -0.4 is 20.1 Å². The lowest BCUT2D eigenvalue weighted by Gasteiger charge is -2.29. The molecule has 0 saturated carbocycles. The summed E-state index contributed by atoms with van der Waals surface area (Å²) in [6, 6.07) is 14.1. The summed E-state index contributed by atoms with van der Waals surface area (Å²) in [4.78, 5) is 8.93. The van der Waals surface area contributed by atoms with Gasteiger partial charge in [0.15, 0.2) is 17.3 Å². The molecule has 1 saturated heterocycles. The minimum absolute atomic E-state index is 0.0946. The van der Waals surface area contributed by atoms with Crippen molar-refractivity contribution in [2.24, 2.45) is 5.92 Å². The normalized spacial score (nSPS) is 15.3. The standard InChI is InChI=1S/C26H30N6O2/c1-16-4-6-19(7-5-16)21-14-25(32-31-21)30-26-20-12-23(33-3)24(13-22(20)28-15-29-26)34-17(2)18-8-10-27-11-9-18/h4-7,12-15,17-18,27H,8-11H2,1-3H3,(H2,28,29,30,31,32). The summed E-state index contributed by atoms with van der Waals surface area (Å²) < 4.78 is 12.0. The number of nitrogens with zero attached hydrogens (tertiary/aromatic N) is 3. The van der Waals surface area contributed by atoms with Crippen LogP contribution in [0, 0.1) is 12.8 Å². The van der Waals surface area contributed by atoms with E-state index in [1.54, 1.807) is 13.4 Å². The van der Waals surface area contributed by atoms with Crippen LogP contribution in [0.1, 0.15) is 25.3 Å². The summed E-state index contributed by atoms with van der Waals surface area (Å²) in [6.45, 7) is 6.28. The molecule has 0 aliphatic carbocycles. The maximum absolute atomic E-state index is 6.35. The Morgan fingerprint density at radius 3 is 2.59 bits per heavy atom. The van der Waals surface area contributed by atoms with Crippen molar-refractivity contribution in [1.82, 2.24) is 25.5 Å². The van der Waals surface area contributed by atoms with Crippen molar-refractivity contribution >= 4 is 22.5 Å². The van der Waals surface area contributed by atoms with Gasteiger partial charge in [0.25, 0.3) is 0 Å². The van der Waals surface area contributed by atoms with Crippen molar-refractivity contribution in [3.05, 3.63) is 54.4 Å². The Hall–Kier alpha value is -3.65. The van der Waals surface area contributed by atoms with Crippen molar-refractivity contribution in [3.63, 3.8) is 0 Å². The van der Waals surface area contributed by atoms with Gasteiger partial charge in [0.1, 0.15) is 12.1 Å². The molecular weight excluding hydrogens is 428 g/mol. The first-order valence-corrected chi connectivity index (χ1v) is 11.7. The molecule has 1 aliphatic heterocycles. The van der Waals surface area contributed by atoms with Crippen LogP contribution in [-0.4, -0.2) is 46.5 Å². The SMILES string of the molecule is COc1cc2c(Nc3cc(-c4ccc(C)cc4)[nH]n3)ncnc2cc1OC(C)C1CCNCC1. The molecule has 4 aromatic rings. The first-order chi connectivity index (χ1) is 16.6. The van der Waals surface area contributed by atoms with Gasteiger partial charge in [0.2, 0.25) is 0 Å². The van der Waals surface area contributed by atoms with Crippen molar-refractivity contribution in [2.75, 3.05) is 25.5 Å². The van der Waals surface area contributed by atoms with E-state index in [4.69, 9.17) is 9.47 Å². The first-order valence-electron chi connectivity index (χ1n) is 11.7. The van der Waals surface area contributed by atoms with Gasteiger partial charge in [-0.3, -0.25) is 5.10 Å². The summed E-state index contributed by atoms with van der Waals surface area (Å²) in [7, 11) is 1.65. The molecule has 1 unspecified atom stereocenters. The van der Waals surface area contributed by atoms with E-state index in [0.717, 1.165) is 48.1 Å². The zero-order valence-corrected chi connectivity index (χ0v) is 19.8. The van der Waals surface area contributed by atoms with E-state index in [2.05, 4.69) is 68.9 Å². The molecule has 0 spiro atoms. The minimum Gasteiger partial charge on any atom is -0.493 e. The van der Waals surface area contributed by atoms with Crippen molar-refractivity contribution in [1.29, 1.82) is 0 Å². The van der Waals surface area contributed by atoms with E-state index in [1.165, 1.54) is 5.56 Å². The molecule has 34 heavy (non-hydrogen) atoms. The number of H-pyrrole nitrogens is 1. The Kier molecular flexibility index (Phi) is 6.31. The topological polar surface area (TPSA) is 97.0 Å². The second-order valence-corrected chi connectivity index (χ2v) is 8.81. The summed E-state index contributed by atoms with van der Waals surface area (Å²) in [6.07, 6.45) is 3.87. The Bertz CT molecular complexity index is 1260. The van der Waals surface area contributed by atoms with E-state index in [-0.39, 0.29) is 6.10 Å². The number of hydrogen-bond acceptors (Lipinski definition) is 7. The van der Waals surface area contributed by atoms with Gasteiger partial charge >= 0.3 is 0 Å². The van der Waals surface area contributed by atoms with E-state index < -0.39 is 0 Å². The number of aromatic nitrogens is 4. The molecule has 2 aromatic heterocycles. The molecule has 0 radical (unpaired) electrons. The molecule has 1 atom stereocenters. The van der Waals surface area contributed by atoms with Crippen LogP contribution in [0.2, 0.25) is 0 Å². The fraction of sp³-hybridized carbons (Fsp3) is 0.346. The molecule has 1 aliphatic rings.